The van der Waals surface area contributed by atoms with Crippen molar-refractivity contribution in [2.75, 3.05) is 27.4 Å². The topological polar surface area (TPSA) is 154 Å². The fourth-order valence-corrected chi connectivity index (χ4v) is 5.19. The number of ether oxygens (including phenoxy) is 3. The summed E-state index contributed by atoms with van der Waals surface area (Å²) in [6.07, 6.45) is 3.14. The molecule has 0 aromatic heterocycles. The molecule has 1 N–H and O–H groups in total. The lowest BCUT2D eigenvalue weighted by molar-refractivity contribution is -0.384. The Morgan fingerprint density at radius 3 is 2.43 bits per heavy atom. The zero-order chi connectivity index (χ0) is 33.8. The Bertz CT molecular complexity index is 1610. The number of ketones is 1. The van der Waals surface area contributed by atoms with Crippen molar-refractivity contribution >= 4 is 29.3 Å². The Labute approximate surface area is 272 Å². The van der Waals surface area contributed by atoms with E-state index in [0.717, 1.165) is 17.2 Å². The van der Waals surface area contributed by atoms with Crippen LogP contribution in [0.1, 0.15) is 40.7 Å². The number of benzene rings is 3. The predicted molar refractivity (Wildman–Crippen MR) is 172 cm³/mol. The summed E-state index contributed by atoms with van der Waals surface area (Å²) in [6, 6.07) is 18.9. The van der Waals surface area contributed by atoms with E-state index in [1.807, 2.05) is 30.3 Å². The highest BCUT2D eigenvalue weighted by atomic mass is 16.6. The Balaban J connectivity index is 1.69. The van der Waals surface area contributed by atoms with Gasteiger partial charge in [0.1, 0.15) is 24.1 Å². The van der Waals surface area contributed by atoms with Crippen molar-refractivity contribution in [3.8, 4) is 11.5 Å². The van der Waals surface area contributed by atoms with E-state index in [0.29, 0.717) is 5.75 Å². The third-order valence-electron chi connectivity index (χ3n) is 7.76. The van der Waals surface area contributed by atoms with Gasteiger partial charge in [0.25, 0.3) is 5.69 Å². The summed E-state index contributed by atoms with van der Waals surface area (Å²) in [5.41, 5.74) is 1.28. The number of fused-ring (bicyclic) bond motifs is 1. The zero-order valence-corrected chi connectivity index (χ0v) is 26.3. The number of esters is 1. The highest BCUT2D eigenvalue weighted by molar-refractivity contribution is 6.01. The second kappa shape index (κ2) is 16.7. The summed E-state index contributed by atoms with van der Waals surface area (Å²) in [5, 5.41) is 14.3. The molecule has 0 saturated heterocycles. The fourth-order valence-electron chi connectivity index (χ4n) is 5.19. The van der Waals surface area contributed by atoms with E-state index in [1.165, 1.54) is 19.2 Å². The summed E-state index contributed by atoms with van der Waals surface area (Å²) in [5.74, 6) is -2.29. The molecule has 3 aromatic rings. The van der Waals surface area contributed by atoms with Gasteiger partial charge in [-0.15, -0.1) is 0 Å². The number of rotatable bonds is 7. The average molecular weight is 644 g/mol. The number of amides is 2. The summed E-state index contributed by atoms with van der Waals surface area (Å²) >= 11 is 0. The number of Topliss-reactive ketones (excluding diaryl/α,β-unsaturated/α-hetero) is 1. The van der Waals surface area contributed by atoms with Crippen LogP contribution in [0.2, 0.25) is 0 Å². The van der Waals surface area contributed by atoms with Gasteiger partial charge in [-0.2, -0.15) is 0 Å². The highest BCUT2D eigenvalue weighted by Crippen LogP contribution is 2.28. The van der Waals surface area contributed by atoms with Crippen LogP contribution in [-0.2, 0) is 32.1 Å². The number of carbonyl (C=O) groups is 4. The quantitative estimate of drug-likeness (QED) is 0.170. The molecule has 0 saturated carbocycles. The van der Waals surface area contributed by atoms with Crippen LogP contribution < -0.4 is 14.8 Å². The third kappa shape index (κ3) is 9.73. The second-order valence-corrected chi connectivity index (χ2v) is 11.0. The molecule has 0 aliphatic carbocycles. The van der Waals surface area contributed by atoms with Gasteiger partial charge in [0.15, 0.2) is 5.78 Å². The number of nitrogens with zero attached hydrogens (tertiary/aromatic N) is 2. The first-order chi connectivity index (χ1) is 22.7. The molecule has 0 bridgehead atoms. The minimum Gasteiger partial charge on any atom is -0.497 e. The van der Waals surface area contributed by atoms with Gasteiger partial charge in [-0.25, -0.2) is 4.79 Å². The van der Waals surface area contributed by atoms with Gasteiger partial charge in [0.2, 0.25) is 11.8 Å². The SMILES string of the molecule is COC(=O)[C@@H]1CCC(=O)N(Cc2ccc(OC)cc2)C/C=C/COc2ccc([N+](=O)[O-])cc2C(=O)C[C@H](Cc2ccccc2)C(=O)N1. The van der Waals surface area contributed by atoms with Gasteiger partial charge in [-0.05, 0) is 48.2 Å². The average Bonchev–Trinajstić information content (AvgIpc) is 3.08. The summed E-state index contributed by atoms with van der Waals surface area (Å²) in [7, 11) is 2.75. The maximum Gasteiger partial charge on any atom is 0.328 e. The van der Waals surface area contributed by atoms with Gasteiger partial charge in [-0.3, -0.25) is 24.5 Å². The van der Waals surface area contributed by atoms with Crippen LogP contribution in [0.4, 0.5) is 5.69 Å². The van der Waals surface area contributed by atoms with Crippen LogP contribution in [0.5, 0.6) is 11.5 Å². The molecular formula is C35H37N3O9. The van der Waals surface area contributed by atoms with Crippen molar-refractivity contribution in [2.24, 2.45) is 5.92 Å². The monoisotopic (exact) mass is 643 g/mol. The van der Waals surface area contributed by atoms with E-state index < -0.39 is 34.5 Å². The summed E-state index contributed by atoms with van der Waals surface area (Å²) in [4.78, 5) is 66.3. The molecule has 12 nitrogen and oxygen atoms in total. The van der Waals surface area contributed by atoms with Crippen LogP contribution in [0.25, 0.3) is 0 Å². The van der Waals surface area contributed by atoms with E-state index in [2.05, 4.69) is 5.32 Å². The summed E-state index contributed by atoms with van der Waals surface area (Å²) in [6.45, 7) is 0.485. The van der Waals surface area contributed by atoms with Crippen LogP contribution in [-0.4, -0.2) is 66.8 Å². The maximum atomic E-state index is 13.7. The first kappa shape index (κ1) is 34.4. The molecule has 2 amide bonds. The van der Waals surface area contributed by atoms with Gasteiger partial charge in [0, 0.05) is 44.0 Å². The van der Waals surface area contributed by atoms with Crippen molar-refractivity contribution in [3.63, 3.8) is 0 Å². The largest absolute Gasteiger partial charge is 0.497 e. The Morgan fingerprint density at radius 2 is 1.74 bits per heavy atom. The minimum absolute atomic E-state index is 0.0149. The van der Waals surface area contributed by atoms with E-state index in [-0.39, 0.29) is 68.3 Å². The molecule has 2 atom stereocenters. The third-order valence-corrected chi connectivity index (χ3v) is 7.76. The lowest BCUT2D eigenvalue weighted by Gasteiger charge is -2.24. The number of methoxy groups -OCH3 is 2. The molecule has 1 heterocycles. The first-order valence-electron chi connectivity index (χ1n) is 15.1. The van der Waals surface area contributed by atoms with Crippen molar-refractivity contribution in [2.45, 2.75) is 38.3 Å². The molecular weight excluding hydrogens is 606 g/mol. The number of nitrogens with one attached hydrogen (secondary N) is 1. The lowest BCUT2D eigenvalue weighted by Crippen LogP contribution is -2.45. The Hall–Kier alpha value is -5.52. The number of hydrogen-bond donors (Lipinski definition) is 1. The van der Waals surface area contributed by atoms with Gasteiger partial charge in [0.05, 0.1) is 24.7 Å². The van der Waals surface area contributed by atoms with Crippen molar-refractivity contribution in [1.82, 2.24) is 10.2 Å². The Morgan fingerprint density at radius 1 is 1.00 bits per heavy atom. The number of non-ortho nitro benzene ring substituents is 1. The second-order valence-electron chi connectivity index (χ2n) is 11.0. The van der Waals surface area contributed by atoms with Gasteiger partial charge >= 0.3 is 5.97 Å². The molecule has 246 valence electrons. The Kier molecular flexibility index (Phi) is 12.2. The van der Waals surface area contributed by atoms with E-state index in [1.54, 1.807) is 48.4 Å². The van der Waals surface area contributed by atoms with Crippen molar-refractivity contribution in [3.05, 3.63) is 112 Å². The standard InChI is InChI=1S/C35H37N3O9/c1-45-28-13-10-25(11-14-28)23-37-18-6-7-19-47-32-16-12-27(38(43)44)22-29(32)31(39)21-26(20-24-8-4-3-5-9-24)34(41)36-30(35(42)46-2)15-17-33(37)40/h3-14,16,22,26,30H,15,17-21,23H2,1-2H3,(H,36,41)/b7-6+/t26-,30-/m0/s1. The molecule has 0 fully saturated rings. The molecule has 4 rings (SSSR count). The van der Waals surface area contributed by atoms with E-state index in [4.69, 9.17) is 14.2 Å². The lowest BCUT2D eigenvalue weighted by atomic mass is 9.90. The fraction of sp³-hybridized carbons (Fsp3) is 0.314. The normalized spacial score (nSPS) is 18.6. The number of carbonyl (C=O) groups excluding carboxylic acids is 4. The molecule has 12 heteroatoms. The van der Waals surface area contributed by atoms with Crippen molar-refractivity contribution in [1.29, 1.82) is 0 Å². The van der Waals surface area contributed by atoms with E-state index in [9.17, 15) is 29.3 Å². The number of nitro benzene ring substituents is 1. The molecule has 0 unspecified atom stereocenters. The number of hydrogen-bond acceptors (Lipinski definition) is 9. The van der Waals surface area contributed by atoms with Gasteiger partial charge < -0.3 is 24.4 Å². The zero-order valence-electron chi connectivity index (χ0n) is 26.3. The number of nitro groups is 1. The van der Waals surface area contributed by atoms with Crippen molar-refractivity contribution < 1.29 is 38.3 Å². The minimum atomic E-state index is -1.16. The summed E-state index contributed by atoms with van der Waals surface area (Å²) < 4.78 is 16.0. The molecule has 0 spiro atoms. The van der Waals surface area contributed by atoms with Crippen LogP contribution in [0, 0.1) is 16.0 Å². The molecule has 1 aliphatic heterocycles. The van der Waals surface area contributed by atoms with Gasteiger partial charge in [-0.1, -0.05) is 48.5 Å². The van der Waals surface area contributed by atoms with Crippen LogP contribution in [0.15, 0.2) is 84.9 Å². The first-order valence-corrected chi connectivity index (χ1v) is 15.1. The highest BCUT2D eigenvalue weighted by Gasteiger charge is 2.30. The molecule has 47 heavy (non-hydrogen) atoms. The van der Waals surface area contributed by atoms with Crippen LogP contribution >= 0.6 is 0 Å². The maximum absolute atomic E-state index is 13.7. The van der Waals surface area contributed by atoms with Crippen LogP contribution in [0.3, 0.4) is 0 Å². The molecule has 0 radical (unpaired) electrons. The molecule has 3 aromatic carbocycles. The predicted octanol–water partition coefficient (Wildman–Crippen LogP) is 4.45. The smallest absolute Gasteiger partial charge is 0.328 e. The molecule has 1 aliphatic rings. The van der Waals surface area contributed by atoms with E-state index >= 15 is 0 Å².